The summed E-state index contributed by atoms with van der Waals surface area (Å²) in [5.41, 5.74) is -2.04. The minimum absolute atomic E-state index is 0.0431. The Bertz CT molecular complexity index is 1010. The molecule has 114 valence electrons. The van der Waals surface area contributed by atoms with E-state index in [1.165, 1.54) is 36.4 Å². The summed E-state index contributed by atoms with van der Waals surface area (Å²) in [5, 5.41) is 22.5. The fourth-order valence-corrected chi connectivity index (χ4v) is 2.31. The zero-order valence-corrected chi connectivity index (χ0v) is 11.5. The highest BCUT2D eigenvalue weighted by Gasteiger charge is 2.29. The second-order valence-corrected chi connectivity index (χ2v) is 4.64. The fraction of sp³-hybridized carbons (Fsp3) is 0. The number of para-hydroxylation sites is 2. The van der Waals surface area contributed by atoms with Crippen molar-refractivity contribution in [2.24, 2.45) is 0 Å². The Balaban J connectivity index is 2.47. The van der Waals surface area contributed by atoms with Gasteiger partial charge in [-0.2, -0.15) is 0 Å². The van der Waals surface area contributed by atoms with E-state index in [-0.39, 0.29) is 22.2 Å². The fourth-order valence-electron chi connectivity index (χ4n) is 2.31. The molecule has 8 nitrogen and oxygen atoms in total. The Kier molecular flexibility index (Phi) is 3.34. The summed E-state index contributed by atoms with van der Waals surface area (Å²) in [7, 11) is 0. The summed E-state index contributed by atoms with van der Waals surface area (Å²) >= 11 is 0. The van der Waals surface area contributed by atoms with Crippen molar-refractivity contribution in [1.29, 1.82) is 0 Å². The number of nitrogens with zero attached hydrogens (tertiary/aromatic N) is 2. The molecule has 1 heterocycles. The minimum Gasteiger partial charge on any atom is -0.448 e. The van der Waals surface area contributed by atoms with Crippen molar-refractivity contribution in [1.82, 2.24) is 0 Å². The topological polar surface area (TPSA) is 116 Å². The van der Waals surface area contributed by atoms with Crippen molar-refractivity contribution in [2.45, 2.75) is 0 Å². The molecule has 0 N–H and O–H groups in total. The van der Waals surface area contributed by atoms with Crippen LogP contribution in [0.4, 0.5) is 11.4 Å². The van der Waals surface area contributed by atoms with Crippen LogP contribution in [0.3, 0.4) is 0 Å². The van der Waals surface area contributed by atoms with Gasteiger partial charge in [-0.25, -0.2) is 0 Å². The molecule has 0 atom stereocenters. The molecule has 2 aromatic carbocycles. The first-order valence-corrected chi connectivity index (χ1v) is 6.44. The lowest BCUT2D eigenvalue weighted by atomic mass is 10.1. The average molecular weight is 312 g/mol. The van der Waals surface area contributed by atoms with Gasteiger partial charge in [0, 0.05) is 6.07 Å². The van der Waals surface area contributed by atoms with Crippen LogP contribution < -0.4 is 5.43 Å². The highest BCUT2D eigenvalue weighted by molar-refractivity contribution is 5.85. The smallest absolute Gasteiger partial charge is 0.359 e. The van der Waals surface area contributed by atoms with Gasteiger partial charge in [0.1, 0.15) is 11.1 Å². The van der Waals surface area contributed by atoms with E-state index < -0.39 is 26.7 Å². The van der Waals surface area contributed by atoms with E-state index in [0.29, 0.717) is 0 Å². The van der Waals surface area contributed by atoms with Gasteiger partial charge < -0.3 is 4.42 Å². The van der Waals surface area contributed by atoms with Crippen LogP contribution in [0.1, 0.15) is 0 Å². The normalized spacial score (nSPS) is 10.6. The van der Waals surface area contributed by atoms with Crippen molar-refractivity contribution >= 4 is 22.3 Å². The predicted molar refractivity (Wildman–Crippen MR) is 81.2 cm³/mol. The van der Waals surface area contributed by atoms with Crippen LogP contribution in [-0.2, 0) is 0 Å². The summed E-state index contributed by atoms with van der Waals surface area (Å²) in [6, 6.07) is 11.4. The maximum Gasteiger partial charge on any atom is 0.359 e. The second kappa shape index (κ2) is 5.34. The van der Waals surface area contributed by atoms with Gasteiger partial charge in [0.25, 0.3) is 11.1 Å². The Morgan fingerprint density at radius 1 is 0.870 bits per heavy atom. The monoisotopic (exact) mass is 312 g/mol. The predicted octanol–water partition coefficient (Wildman–Crippen LogP) is 3.28. The highest BCUT2D eigenvalue weighted by atomic mass is 16.6. The molecular formula is C15H8N2O6. The third kappa shape index (κ3) is 2.31. The van der Waals surface area contributed by atoms with Gasteiger partial charge in [0.2, 0.25) is 5.76 Å². The number of nitro benzene ring substituents is 1. The molecule has 0 amide bonds. The molecule has 0 saturated carbocycles. The Morgan fingerprint density at radius 2 is 1.52 bits per heavy atom. The largest absolute Gasteiger partial charge is 0.448 e. The first-order valence-electron chi connectivity index (χ1n) is 6.44. The van der Waals surface area contributed by atoms with Gasteiger partial charge in [0.05, 0.1) is 15.2 Å². The highest BCUT2D eigenvalue weighted by Crippen LogP contribution is 2.35. The van der Waals surface area contributed by atoms with Gasteiger partial charge in [0.15, 0.2) is 0 Å². The maximum atomic E-state index is 12.4. The maximum absolute atomic E-state index is 12.4. The molecule has 23 heavy (non-hydrogen) atoms. The van der Waals surface area contributed by atoms with Crippen molar-refractivity contribution in [3.05, 3.63) is 79.0 Å². The lowest BCUT2D eigenvalue weighted by molar-refractivity contribution is -0.387. The minimum atomic E-state index is -0.885. The number of rotatable bonds is 3. The molecule has 8 heteroatoms. The first kappa shape index (κ1) is 14.4. The number of hydrogen-bond acceptors (Lipinski definition) is 6. The van der Waals surface area contributed by atoms with Gasteiger partial charge in [-0.15, -0.1) is 0 Å². The average Bonchev–Trinajstić information content (AvgIpc) is 2.54. The molecule has 0 aliphatic heterocycles. The van der Waals surface area contributed by atoms with Crippen LogP contribution in [-0.4, -0.2) is 9.85 Å². The lowest BCUT2D eigenvalue weighted by Crippen LogP contribution is -2.10. The first-order chi connectivity index (χ1) is 11.0. The third-order valence-corrected chi connectivity index (χ3v) is 3.30. The van der Waals surface area contributed by atoms with Crippen molar-refractivity contribution in [3.8, 4) is 11.3 Å². The SMILES string of the molecule is O=c1c([N+](=O)[O-])c(-c2ccccc2[N+](=O)[O-])oc2ccccc12. The lowest BCUT2D eigenvalue weighted by Gasteiger charge is -2.05. The molecular weight excluding hydrogens is 304 g/mol. The summed E-state index contributed by atoms with van der Waals surface area (Å²) in [4.78, 5) is 33.3. The molecule has 0 fully saturated rings. The summed E-state index contributed by atoms with van der Waals surface area (Å²) < 4.78 is 5.47. The van der Waals surface area contributed by atoms with Crippen molar-refractivity contribution in [3.63, 3.8) is 0 Å². The third-order valence-electron chi connectivity index (χ3n) is 3.30. The zero-order valence-electron chi connectivity index (χ0n) is 11.5. The van der Waals surface area contributed by atoms with E-state index in [4.69, 9.17) is 4.42 Å². The van der Waals surface area contributed by atoms with E-state index in [1.807, 2.05) is 0 Å². The Hall–Kier alpha value is -3.55. The molecule has 0 aliphatic rings. The number of hydrogen-bond donors (Lipinski definition) is 0. The van der Waals surface area contributed by atoms with Gasteiger partial charge in [-0.3, -0.25) is 25.0 Å². The molecule has 0 unspecified atom stereocenters. The number of benzene rings is 2. The van der Waals surface area contributed by atoms with Crippen LogP contribution in [0.15, 0.2) is 57.7 Å². The van der Waals surface area contributed by atoms with Gasteiger partial charge in [-0.1, -0.05) is 24.3 Å². The van der Waals surface area contributed by atoms with E-state index >= 15 is 0 Å². The zero-order chi connectivity index (χ0) is 16.6. The molecule has 3 aromatic rings. The molecule has 3 rings (SSSR count). The molecule has 0 spiro atoms. The summed E-state index contributed by atoms with van der Waals surface area (Å²) in [6.45, 7) is 0. The molecule has 0 bridgehead atoms. The quantitative estimate of drug-likeness (QED) is 0.541. The molecule has 1 aromatic heterocycles. The van der Waals surface area contributed by atoms with E-state index in [9.17, 15) is 25.0 Å². The summed E-state index contributed by atoms with van der Waals surface area (Å²) in [6.07, 6.45) is 0. The Labute approximate surface area is 127 Å². The molecule has 0 aliphatic carbocycles. The summed E-state index contributed by atoms with van der Waals surface area (Å²) in [5.74, 6) is -0.425. The van der Waals surface area contributed by atoms with E-state index in [1.54, 1.807) is 12.1 Å². The standard InChI is InChI=1S/C15H8N2O6/c18-14-10-6-2-4-8-12(10)23-15(13(14)17(21)22)9-5-1-3-7-11(9)16(19)20/h1-8H. The van der Waals surface area contributed by atoms with Crippen LogP contribution in [0.2, 0.25) is 0 Å². The number of fused-ring (bicyclic) bond motifs is 1. The van der Waals surface area contributed by atoms with Gasteiger partial charge >= 0.3 is 5.69 Å². The van der Waals surface area contributed by atoms with Crippen molar-refractivity contribution < 1.29 is 14.3 Å². The second-order valence-electron chi connectivity index (χ2n) is 4.64. The number of nitro groups is 2. The van der Waals surface area contributed by atoms with E-state index in [0.717, 1.165) is 0 Å². The van der Waals surface area contributed by atoms with E-state index in [2.05, 4.69) is 0 Å². The van der Waals surface area contributed by atoms with Crippen LogP contribution in [0, 0.1) is 20.2 Å². The van der Waals surface area contributed by atoms with Gasteiger partial charge in [-0.05, 0) is 18.2 Å². The molecule has 0 radical (unpaired) electrons. The van der Waals surface area contributed by atoms with Crippen LogP contribution in [0.25, 0.3) is 22.3 Å². The molecule has 0 saturated heterocycles. The van der Waals surface area contributed by atoms with Crippen LogP contribution in [0.5, 0.6) is 0 Å². The Morgan fingerprint density at radius 3 is 2.22 bits per heavy atom. The van der Waals surface area contributed by atoms with Crippen LogP contribution >= 0.6 is 0 Å². The van der Waals surface area contributed by atoms with Crippen molar-refractivity contribution in [2.75, 3.05) is 0 Å².